The Balaban J connectivity index is 1.53. The molecule has 2 fully saturated rings. The van der Waals surface area contributed by atoms with Gasteiger partial charge in [0.1, 0.15) is 0 Å². The Morgan fingerprint density at radius 2 is 1.88 bits per heavy atom. The third-order valence-corrected chi connectivity index (χ3v) is 5.58. The number of pyridine rings is 1. The minimum Gasteiger partial charge on any atom is -0.399 e. The molecular formula is C18H25BN2O3. The highest BCUT2D eigenvalue weighted by Gasteiger charge is 2.51. The molecular weight excluding hydrogens is 303 g/mol. The van der Waals surface area contributed by atoms with E-state index < -0.39 is 0 Å². The molecule has 3 aliphatic rings. The fraction of sp³-hybridized carbons (Fsp3) is 0.611. The van der Waals surface area contributed by atoms with E-state index in [-0.39, 0.29) is 18.3 Å². The van der Waals surface area contributed by atoms with Crippen molar-refractivity contribution >= 4 is 18.2 Å². The van der Waals surface area contributed by atoms with Crippen molar-refractivity contribution in [1.29, 1.82) is 0 Å². The second kappa shape index (κ2) is 5.66. The van der Waals surface area contributed by atoms with Crippen LogP contribution in [0.4, 0.5) is 0 Å². The zero-order valence-corrected chi connectivity index (χ0v) is 14.8. The number of hydrogen-bond acceptors (Lipinski definition) is 5. The molecule has 0 radical (unpaired) electrons. The van der Waals surface area contributed by atoms with E-state index in [9.17, 15) is 0 Å². The van der Waals surface area contributed by atoms with Crippen LogP contribution in [0.3, 0.4) is 0 Å². The van der Waals surface area contributed by atoms with Crippen LogP contribution in [-0.4, -0.2) is 48.6 Å². The number of aromatic nitrogens is 1. The summed E-state index contributed by atoms with van der Waals surface area (Å²) in [6.45, 7) is 9.78. The van der Waals surface area contributed by atoms with Crippen molar-refractivity contribution in [2.45, 2.75) is 57.4 Å². The summed E-state index contributed by atoms with van der Waals surface area (Å²) in [4.78, 5) is 4.67. The molecule has 6 heteroatoms. The Labute approximate surface area is 143 Å². The number of rotatable bonds is 2. The second-order valence-corrected chi connectivity index (χ2v) is 7.97. The average molecular weight is 328 g/mol. The highest BCUT2D eigenvalue weighted by Crippen LogP contribution is 2.36. The van der Waals surface area contributed by atoms with Crippen molar-refractivity contribution in [3.05, 3.63) is 30.1 Å². The monoisotopic (exact) mass is 328 g/mol. The third-order valence-electron chi connectivity index (χ3n) is 5.58. The molecule has 2 bridgehead atoms. The molecule has 0 aromatic carbocycles. The Morgan fingerprint density at radius 1 is 1.12 bits per heavy atom. The molecule has 0 amide bonds. The summed E-state index contributed by atoms with van der Waals surface area (Å²) >= 11 is 0. The summed E-state index contributed by atoms with van der Waals surface area (Å²) < 4.78 is 17.8. The van der Waals surface area contributed by atoms with E-state index in [0.29, 0.717) is 12.1 Å². The summed E-state index contributed by atoms with van der Waals surface area (Å²) in [5.41, 5.74) is 2.65. The van der Waals surface area contributed by atoms with Crippen LogP contribution < -0.4 is 10.8 Å². The minimum absolute atomic E-state index is 0.303. The van der Waals surface area contributed by atoms with Crippen molar-refractivity contribution in [2.75, 3.05) is 13.2 Å². The predicted octanol–water partition coefficient (Wildman–Crippen LogP) is 1.52. The Kier molecular flexibility index (Phi) is 3.84. The molecule has 128 valence electrons. The van der Waals surface area contributed by atoms with Crippen molar-refractivity contribution < 1.29 is 14.0 Å². The van der Waals surface area contributed by atoms with Crippen LogP contribution in [0.2, 0.25) is 0 Å². The van der Waals surface area contributed by atoms with E-state index in [1.165, 1.54) is 5.57 Å². The lowest BCUT2D eigenvalue weighted by molar-refractivity contribution is 0.00578. The summed E-state index contributed by atoms with van der Waals surface area (Å²) in [6, 6.07) is 4.85. The zero-order chi connectivity index (χ0) is 16.9. The van der Waals surface area contributed by atoms with Gasteiger partial charge in [-0.2, -0.15) is 0 Å². The van der Waals surface area contributed by atoms with E-state index in [0.717, 1.165) is 30.8 Å². The first-order chi connectivity index (χ1) is 11.3. The molecule has 0 saturated carbocycles. The highest BCUT2D eigenvalue weighted by atomic mass is 16.7. The first-order valence-electron chi connectivity index (χ1n) is 8.70. The number of fused-ring (bicyclic) bond motifs is 2. The molecule has 0 aliphatic carbocycles. The van der Waals surface area contributed by atoms with Gasteiger partial charge in [-0.3, -0.25) is 4.98 Å². The van der Waals surface area contributed by atoms with Crippen LogP contribution in [-0.2, 0) is 14.0 Å². The highest BCUT2D eigenvalue weighted by molar-refractivity contribution is 6.62. The van der Waals surface area contributed by atoms with E-state index in [1.54, 1.807) is 0 Å². The summed E-state index contributed by atoms with van der Waals surface area (Å²) in [5.74, 6) is 0. The zero-order valence-electron chi connectivity index (χ0n) is 14.8. The topological polar surface area (TPSA) is 52.6 Å². The van der Waals surface area contributed by atoms with Crippen molar-refractivity contribution in [3.63, 3.8) is 0 Å². The lowest BCUT2D eigenvalue weighted by atomic mass is 9.80. The number of ether oxygens (including phenoxy) is 1. The number of morpholine rings is 1. The number of nitrogens with zero attached hydrogens (tertiary/aromatic N) is 1. The first kappa shape index (κ1) is 16.3. The van der Waals surface area contributed by atoms with Gasteiger partial charge in [0.15, 0.2) is 0 Å². The standard InChI is InChI=1S/C18H25BN2O3/c1-17(2)18(3,4)24-19(23-17)13-5-6-16(20-9-13)12-7-14-10-22-11-15(8-12)21-14/h5-7,9,14-15,21H,8,10-11H2,1-4H3. The second-order valence-electron chi connectivity index (χ2n) is 7.97. The van der Waals surface area contributed by atoms with Crippen LogP contribution >= 0.6 is 0 Å². The van der Waals surface area contributed by atoms with Crippen molar-refractivity contribution in [3.8, 4) is 0 Å². The number of nitrogens with one attached hydrogen (secondary N) is 1. The normalized spacial score (nSPS) is 31.0. The van der Waals surface area contributed by atoms with E-state index in [4.69, 9.17) is 14.0 Å². The molecule has 5 nitrogen and oxygen atoms in total. The predicted molar refractivity (Wildman–Crippen MR) is 94.1 cm³/mol. The summed E-state index contributed by atoms with van der Waals surface area (Å²) in [6.07, 6.45) is 5.08. The Hall–Kier alpha value is -1.21. The minimum atomic E-state index is -0.355. The van der Waals surface area contributed by atoms with E-state index >= 15 is 0 Å². The van der Waals surface area contributed by atoms with Crippen molar-refractivity contribution in [2.24, 2.45) is 0 Å². The first-order valence-corrected chi connectivity index (χ1v) is 8.70. The van der Waals surface area contributed by atoms with Crippen molar-refractivity contribution in [1.82, 2.24) is 10.3 Å². The van der Waals surface area contributed by atoms with Gasteiger partial charge in [0.05, 0.1) is 30.1 Å². The Bertz CT molecular complexity index is 641. The van der Waals surface area contributed by atoms with Gasteiger partial charge in [-0.05, 0) is 45.8 Å². The largest absolute Gasteiger partial charge is 0.496 e. The van der Waals surface area contributed by atoms with Gasteiger partial charge in [0.25, 0.3) is 0 Å². The molecule has 4 heterocycles. The van der Waals surface area contributed by atoms with E-state index in [1.807, 2.05) is 6.20 Å². The average Bonchev–Trinajstić information content (AvgIpc) is 2.75. The molecule has 3 aliphatic heterocycles. The maximum atomic E-state index is 6.09. The maximum Gasteiger partial charge on any atom is 0.496 e. The molecule has 2 atom stereocenters. The van der Waals surface area contributed by atoms with Crippen LogP contribution in [0.1, 0.15) is 39.8 Å². The van der Waals surface area contributed by atoms with Gasteiger partial charge < -0.3 is 19.4 Å². The summed E-state index contributed by atoms with van der Waals surface area (Å²) in [5, 5.41) is 3.56. The van der Waals surface area contributed by atoms with Gasteiger partial charge in [0, 0.05) is 23.7 Å². The van der Waals surface area contributed by atoms with Crippen LogP contribution in [0, 0.1) is 0 Å². The fourth-order valence-electron chi connectivity index (χ4n) is 3.43. The van der Waals surface area contributed by atoms with E-state index in [2.05, 4.69) is 56.2 Å². The molecule has 2 saturated heterocycles. The maximum absolute atomic E-state index is 6.09. The smallest absolute Gasteiger partial charge is 0.399 e. The Morgan fingerprint density at radius 3 is 2.50 bits per heavy atom. The van der Waals surface area contributed by atoms with Gasteiger partial charge in [-0.15, -0.1) is 0 Å². The van der Waals surface area contributed by atoms with Gasteiger partial charge in [0.2, 0.25) is 0 Å². The number of hydrogen-bond donors (Lipinski definition) is 1. The molecule has 24 heavy (non-hydrogen) atoms. The molecule has 1 aromatic heterocycles. The van der Waals surface area contributed by atoms with Crippen LogP contribution in [0.15, 0.2) is 24.4 Å². The van der Waals surface area contributed by atoms with Gasteiger partial charge in [-0.25, -0.2) is 0 Å². The molecule has 1 N–H and O–H groups in total. The summed E-state index contributed by atoms with van der Waals surface area (Å²) in [7, 11) is -0.355. The molecule has 0 spiro atoms. The fourth-order valence-corrected chi connectivity index (χ4v) is 3.43. The van der Waals surface area contributed by atoms with Crippen LogP contribution in [0.25, 0.3) is 5.57 Å². The molecule has 1 aromatic rings. The SMILES string of the molecule is CC1(C)OB(c2ccc(C3=CC4COCC(C3)N4)nc2)OC1(C)C. The van der Waals surface area contributed by atoms with Gasteiger partial charge in [-0.1, -0.05) is 12.1 Å². The third kappa shape index (κ3) is 2.82. The van der Waals surface area contributed by atoms with Gasteiger partial charge >= 0.3 is 7.12 Å². The lowest BCUT2D eigenvalue weighted by Gasteiger charge is -2.34. The lowest BCUT2D eigenvalue weighted by Crippen LogP contribution is -2.50. The molecule has 4 rings (SSSR count). The quantitative estimate of drug-likeness (QED) is 0.835. The van der Waals surface area contributed by atoms with Crippen LogP contribution in [0.5, 0.6) is 0 Å². The molecule has 2 unspecified atom stereocenters.